The van der Waals surface area contributed by atoms with Crippen LogP contribution in [0.3, 0.4) is 0 Å². The second kappa shape index (κ2) is 3.85. The summed E-state index contributed by atoms with van der Waals surface area (Å²) in [5, 5.41) is 0. The Kier molecular flexibility index (Phi) is 2.80. The van der Waals surface area contributed by atoms with Gasteiger partial charge in [-0.25, -0.2) is 0 Å². The van der Waals surface area contributed by atoms with E-state index in [1.54, 1.807) is 31.4 Å². The lowest BCUT2D eigenvalue weighted by atomic mass is 10.1. The maximum Gasteiger partial charge on any atom is 0.305 e. The van der Waals surface area contributed by atoms with Crippen LogP contribution in [-0.2, 0) is 11.2 Å². The third kappa shape index (κ3) is 2.34. The molecule has 1 aromatic rings. The van der Waals surface area contributed by atoms with E-state index in [1.165, 1.54) is 0 Å². The predicted molar refractivity (Wildman–Crippen MR) is 42.8 cm³/mol. The Labute approximate surface area is 70.0 Å². The summed E-state index contributed by atoms with van der Waals surface area (Å²) in [4.78, 5) is 10.1. The summed E-state index contributed by atoms with van der Waals surface area (Å²) in [6.07, 6.45) is -0.163. The lowest BCUT2D eigenvalue weighted by Gasteiger charge is -1.99. The van der Waals surface area contributed by atoms with Crippen LogP contribution in [0.2, 0.25) is 0 Å². The van der Waals surface area contributed by atoms with Crippen molar-refractivity contribution in [1.29, 1.82) is 0 Å². The smallest absolute Gasteiger partial charge is 0.305 e. The third-order valence-corrected chi connectivity index (χ3v) is 1.50. The van der Waals surface area contributed by atoms with E-state index in [0.717, 1.165) is 0 Å². The van der Waals surface area contributed by atoms with Gasteiger partial charge in [0.25, 0.3) is 0 Å². The van der Waals surface area contributed by atoms with Gasteiger partial charge in [0.2, 0.25) is 0 Å². The number of benzene rings is 1. The van der Waals surface area contributed by atoms with Gasteiger partial charge >= 0.3 is 6.04 Å². The lowest BCUT2D eigenvalue weighted by molar-refractivity contribution is -0.128. The lowest BCUT2D eigenvalue weighted by Crippen LogP contribution is -1.94. The Morgan fingerprint density at radius 3 is 2.42 bits per heavy atom. The second-order valence-electron chi connectivity index (χ2n) is 2.38. The van der Waals surface area contributed by atoms with Gasteiger partial charge in [0, 0.05) is 0 Å². The standard InChI is InChI=1S/C9H9FO2/c1-12-8-4-2-7(3-5-8)6-9(10)11/h2-5H,6H2,1H3. The van der Waals surface area contributed by atoms with Crippen LogP contribution < -0.4 is 4.74 Å². The first kappa shape index (κ1) is 8.71. The number of rotatable bonds is 3. The average molecular weight is 168 g/mol. The molecule has 0 aromatic heterocycles. The zero-order valence-electron chi connectivity index (χ0n) is 6.71. The molecule has 0 saturated heterocycles. The van der Waals surface area contributed by atoms with E-state index in [-0.39, 0.29) is 6.42 Å². The number of ether oxygens (including phenoxy) is 1. The number of carbonyl (C=O) groups excluding carboxylic acids is 1. The Morgan fingerprint density at radius 1 is 1.42 bits per heavy atom. The Hall–Kier alpha value is -1.38. The van der Waals surface area contributed by atoms with Crippen molar-refractivity contribution in [2.75, 3.05) is 7.11 Å². The van der Waals surface area contributed by atoms with Crippen LogP contribution in [-0.4, -0.2) is 13.1 Å². The van der Waals surface area contributed by atoms with Crippen molar-refractivity contribution >= 4 is 6.04 Å². The molecular formula is C9H9FO2. The molecule has 0 atom stereocenters. The highest BCUT2D eigenvalue weighted by molar-refractivity contribution is 5.71. The minimum absolute atomic E-state index is 0.163. The van der Waals surface area contributed by atoms with Crippen LogP contribution in [0.4, 0.5) is 4.39 Å². The number of hydrogen-bond acceptors (Lipinski definition) is 2. The van der Waals surface area contributed by atoms with Gasteiger partial charge in [-0.15, -0.1) is 0 Å². The summed E-state index contributed by atoms with van der Waals surface area (Å²) < 4.78 is 16.8. The molecule has 1 aromatic carbocycles. The van der Waals surface area contributed by atoms with Crippen molar-refractivity contribution < 1.29 is 13.9 Å². The van der Waals surface area contributed by atoms with Gasteiger partial charge in [0.1, 0.15) is 5.75 Å². The molecule has 0 fully saturated rings. The zero-order valence-corrected chi connectivity index (χ0v) is 6.71. The van der Waals surface area contributed by atoms with Gasteiger partial charge in [0.05, 0.1) is 13.5 Å². The van der Waals surface area contributed by atoms with Gasteiger partial charge in [-0.2, -0.15) is 4.39 Å². The van der Waals surface area contributed by atoms with Crippen LogP contribution in [0.15, 0.2) is 24.3 Å². The molecule has 0 N–H and O–H groups in total. The Morgan fingerprint density at radius 2 is 2.00 bits per heavy atom. The van der Waals surface area contributed by atoms with Gasteiger partial charge in [-0.3, -0.25) is 4.79 Å². The molecule has 1 rings (SSSR count). The molecule has 0 amide bonds. The molecular weight excluding hydrogens is 159 g/mol. The quantitative estimate of drug-likeness (QED) is 0.642. The van der Waals surface area contributed by atoms with E-state index < -0.39 is 6.04 Å². The molecule has 0 aliphatic rings. The van der Waals surface area contributed by atoms with Gasteiger partial charge in [0.15, 0.2) is 0 Å². The van der Waals surface area contributed by atoms with Crippen molar-refractivity contribution in [1.82, 2.24) is 0 Å². The summed E-state index contributed by atoms with van der Waals surface area (Å²) in [5.41, 5.74) is 0.656. The van der Waals surface area contributed by atoms with Crippen molar-refractivity contribution in [3.63, 3.8) is 0 Å². The van der Waals surface area contributed by atoms with E-state index in [9.17, 15) is 9.18 Å². The molecule has 0 unspecified atom stereocenters. The molecule has 0 spiro atoms. The fourth-order valence-corrected chi connectivity index (χ4v) is 0.904. The van der Waals surface area contributed by atoms with E-state index >= 15 is 0 Å². The van der Waals surface area contributed by atoms with E-state index in [2.05, 4.69) is 0 Å². The molecule has 0 aliphatic heterocycles. The van der Waals surface area contributed by atoms with E-state index in [1.807, 2.05) is 0 Å². The maximum absolute atomic E-state index is 11.9. The molecule has 0 bridgehead atoms. The Balaban J connectivity index is 2.71. The van der Waals surface area contributed by atoms with Gasteiger partial charge in [-0.1, -0.05) is 12.1 Å². The normalized spacial score (nSPS) is 9.50. The largest absolute Gasteiger partial charge is 0.497 e. The second-order valence-corrected chi connectivity index (χ2v) is 2.38. The van der Waals surface area contributed by atoms with E-state index in [0.29, 0.717) is 11.3 Å². The first-order valence-electron chi connectivity index (χ1n) is 3.53. The number of carbonyl (C=O) groups is 1. The molecule has 0 heterocycles. The first-order valence-corrected chi connectivity index (χ1v) is 3.53. The van der Waals surface area contributed by atoms with Gasteiger partial charge < -0.3 is 4.74 Å². The third-order valence-electron chi connectivity index (χ3n) is 1.50. The summed E-state index contributed by atoms with van der Waals surface area (Å²) in [6.45, 7) is 0. The van der Waals surface area contributed by atoms with Crippen molar-refractivity contribution in [3.05, 3.63) is 29.8 Å². The van der Waals surface area contributed by atoms with Crippen LogP contribution in [0, 0.1) is 0 Å². The van der Waals surface area contributed by atoms with Crippen molar-refractivity contribution in [2.45, 2.75) is 6.42 Å². The summed E-state index contributed by atoms with van der Waals surface area (Å²) in [5.74, 6) is 0.699. The first-order chi connectivity index (χ1) is 5.72. The maximum atomic E-state index is 11.9. The zero-order chi connectivity index (χ0) is 8.97. The summed E-state index contributed by atoms with van der Waals surface area (Å²) >= 11 is 0. The molecule has 3 heteroatoms. The molecule has 0 saturated carbocycles. The molecule has 0 aliphatic carbocycles. The molecule has 64 valence electrons. The average Bonchev–Trinajstić information content (AvgIpc) is 2.05. The minimum atomic E-state index is -1.32. The Bertz CT molecular complexity index is 266. The van der Waals surface area contributed by atoms with E-state index in [4.69, 9.17) is 4.74 Å². The number of methoxy groups -OCH3 is 1. The van der Waals surface area contributed by atoms with Crippen LogP contribution in [0.1, 0.15) is 5.56 Å². The summed E-state index contributed by atoms with van der Waals surface area (Å²) in [7, 11) is 1.55. The topological polar surface area (TPSA) is 26.3 Å². The highest BCUT2D eigenvalue weighted by atomic mass is 19.1. The highest BCUT2D eigenvalue weighted by Gasteiger charge is 2.00. The highest BCUT2D eigenvalue weighted by Crippen LogP contribution is 2.11. The monoisotopic (exact) mass is 168 g/mol. The fourth-order valence-electron chi connectivity index (χ4n) is 0.904. The molecule has 2 nitrogen and oxygen atoms in total. The minimum Gasteiger partial charge on any atom is -0.497 e. The SMILES string of the molecule is COc1ccc(CC(=O)F)cc1. The molecule has 12 heavy (non-hydrogen) atoms. The fraction of sp³-hybridized carbons (Fsp3) is 0.222. The van der Waals surface area contributed by atoms with Crippen LogP contribution in [0.5, 0.6) is 5.75 Å². The predicted octanol–water partition coefficient (Wildman–Crippen LogP) is 1.73. The molecule has 0 radical (unpaired) electrons. The number of halogens is 1. The summed E-state index contributed by atoms with van der Waals surface area (Å²) in [6, 6.07) is 5.39. The van der Waals surface area contributed by atoms with Crippen molar-refractivity contribution in [3.8, 4) is 5.75 Å². The number of hydrogen-bond donors (Lipinski definition) is 0. The van der Waals surface area contributed by atoms with Crippen LogP contribution in [0.25, 0.3) is 0 Å². The van der Waals surface area contributed by atoms with Crippen molar-refractivity contribution in [2.24, 2.45) is 0 Å². The van der Waals surface area contributed by atoms with Crippen LogP contribution >= 0.6 is 0 Å². The van der Waals surface area contributed by atoms with Gasteiger partial charge in [-0.05, 0) is 17.7 Å².